The molecule has 34 heavy (non-hydrogen) atoms. The largest absolute Gasteiger partial charge is 0.487 e. The minimum absolute atomic E-state index is 0.0188. The zero-order valence-electron chi connectivity index (χ0n) is 19.0. The van der Waals surface area contributed by atoms with Crippen molar-refractivity contribution in [2.24, 2.45) is 0 Å². The molecule has 0 heterocycles. The van der Waals surface area contributed by atoms with Crippen molar-refractivity contribution in [3.8, 4) is 0 Å². The van der Waals surface area contributed by atoms with E-state index in [-0.39, 0.29) is 30.7 Å². The Hall–Kier alpha value is -3.33. The van der Waals surface area contributed by atoms with Crippen molar-refractivity contribution < 1.29 is 28.6 Å². The molecule has 7 nitrogen and oxygen atoms in total. The molecule has 2 aromatic carbocycles. The number of hydrogen-bond acceptors (Lipinski definition) is 5. The minimum Gasteiger partial charge on any atom is -0.487 e. The first kappa shape index (κ1) is 26.9. The van der Waals surface area contributed by atoms with Gasteiger partial charge in [0, 0.05) is 12.8 Å². The third-order valence-electron chi connectivity index (χ3n) is 5.04. The number of benzene rings is 2. The fraction of sp³-hybridized carbons (Fsp3) is 0.360. The van der Waals surface area contributed by atoms with Crippen LogP contribution in [0.4, 0.5) is 4.39 Å². The molecule has 0 radical (unpaired) electrons. The Morgan fingerprint density at radius 3 is 2.35 bits per heavy atom. The molecule has 3 N–H and O–H groups in total. The molecule has 0 bridgehead atoms. The van der Waals surface area contributed by atoms with Crippen molar-refractivity contribution in [2.75, 3.05) is 6.61 Å². The van der Waals surface area contributed by atoms with Gasteiger partial charge in [-0.05, 0) is 61.7 Å². The van der Waals surface area contributed by atoms with Gasteiger partial charge in [-0.25, -0.2) is 9.18 Å². The minimum atomic E-state index is -1.17. The Morgan fingerprint density at radius 2 is 1.71 bits per heavy atom. The van der Waals surface area contributed by atoms with Crippen molar-refractivity contribution >= 4 is 35.1 Å². The highest BCUT2D eigenvalue weighted by Gasteiger charge is 2.27. The van der Waals surface area contributed by atoms with Gasteiger partial charge in [0.25, 0.3) is 0 Å². The number of hydrogen-bond donors (Lipinski definition) is 3. The summed E-state index contributed by atoms with van der Waals surface area (Å²) in [6, 6.07) is 13.0. The maximum Gasteiger partial charge on any atom is 0.326 e. The molecule has 1 unspecified atom stereocenters. The Kier molecular flexibility index (Phi) is 11.1. The van der Waals surface area contributed by atoms with Crippen molar-refractivity contribution in [1.29, 1.82) is 0 Å². The Balaban J connectivity index is 2.01. The van der Waals surface area contributed by atoms with Gasteiger partial charge in [-0.15, -0.1) is 0 Å². The first-order valence-corrected chi connectivity index (χ1v) is 11.5. The Labute approximate surface area is 203 Å². The number of thiocarbonyl (C=S) groups is 1. The van der Waals surface area contributed by atoms with Crippen molar-refractivity contribution in [3.05, 3.63) is 71.5 Å². The number of carbonyl (C=O) groups excluding carboxylic acids is 2. The van der Waals surface area contributed by atoms with Gasteiger partial charge in [-0.2, -0.15) is 0 Å². The lowest BCUT2D eigenvalue weighted by atomic mass is 10.0. The average Bonchev–Trinajstić information content (AvgIpc) is 2.80. The normalized spacial score (nSPS) is 12.3. The molecule has 0 fully saturated rings. The third-order valence-corrected chi connectivity index (χ3v) is 5.32. The summed E-state index contributed by atoms with van der Waals surface area (Å²) in [7, 11) is 0. The summed E-state index contributed by atoms with van der Waals surface area (Å²) in [4.78, 5) is 37.1. The highest BCUT2D eigenvalue weighted by Crippen LogP contribution is 2.09. The standard InChI is InChI=1S/C25H29FN2O5S/c1-2-33-23(34)16-21(27-22(29)14-12-18-9-6-10-19(26)15-18)24(30)28-20(25(31)32)13-11-17-7-4-3-5-8-17/h3-10,15,20-21H,2,11-14,16H2,1H3,(H,27,29)(H,28,30)(H,31,32)/t20?,21-/m0/s1. The van der Waals surface area contributed by atoms with Crippen LogP contribution < -0.4 is 10.6 Å². The van der Waals surface area contributed by atoms with Crippen LogP contribution in [-0.4, -0.2) is 46.6 Å². The van der Waals surface area contributed by atoms with E-state index in [1.165, 1.54) is 12.1 Å². The highest BCUT2D eigenvalue weighted by atomic mass is 32.1. The summed E-state index contributed by atoms with van der Waals surface area (Å²) in [5, 5.41) is 14.8. The van der Waals surface area contributed by atoms with Crippen LogP contribution in [-0.2, 0) is 32.0 Å². The summed E-state index contributed by atoms with van der Waals surface area (Å²) in [5.74, 6) is -2.68. The lowest BCUT2D eigenvalue weighted by Crippen LogP contribution is -2.52. The molecular formula is C25H29FN2O5S. The second-order valence-corrected chi connectivity index (χ2v) is 8.14. The topological polar surface area (TPSA) is 105 Å². The number of carbonyl (C=O) groups is 3. The molecule has 0 saturated heterocycles. The number of nitrogens with one attached hydrogen (secondary N) is 2. The van der Waals surface area contributed by atoms with Crippen molar-refractivity contribution in [2.45, 2.75) is 51.1 Å². The van der Waals surface area contributed by atoms with Gasteiger partial charge in [-0.1, -0.05) is 42.5 Å². The second-order valence-electron chi connectivity index (χ2n) is 7.68. The van der Waals surface area contributed by atoms with Crippen LogP contribution in [0.3, 0.4) is 0 Å². The molecule has 0 aliphatic rings. The van der Waals surface area contributed by atoms with Crippen molar-refractivity contribution in [1.82, 2.24) is 10.6 Å². The fourth-order valence-corrected chi connectivity index (χ4v) is 3.58. The van der Waals surface area contributed by atoms with E-state index in [4.69, 9.17) is 17.0 Å². The van der Waals surface area contributed by atoms with Crippen LogP contribution in [0.1, 0.15) is 37.3 Å². The predicted octanol–water partition coefficient (Wildman–Crippen LogP) is 3.20. The quantitative estimate of drug-likeness (QED) is 0.374. The van der Waals surface area contributed by atoms with Gasteiger partial charge in [0.2, 0.25) is 11.8 Å². The monoisotopic (exact) mass is 488 g/mol. The average molecular weight is 489 g/mol. The van der Waals surface area contributed by atoms with E-state index in [0.717, 1.165) is 5.56 Å². The van der Waals surface area contributed by atoms with Gasteiger partial charge in [0.1, 0.15) is 17.9 Å². The molecular weight excluding hydrogens is 459 g/mol. The molecule has 2 rings (SSSR count). The highest BCUT2D eigenvalue weighted by molar-refractivity contribution is 7.80. The molecule has 2 atom stereocenters. The van der Waals surface area contributed by atoms with Gasteiger partial charge in [-0.3, -0.25) is 9.59 Å². The van der Waals surface area contributed by atoms with Gasteiger partial charge >= 0.3 is 5.97 Å². The SMILES string of the molecule is CCOC(=S)C[C@H](NC(=O)CCc1cccc(F)c1)C(=O)NC(CCc1ccccc1)C(=O)O. The van der Waals surface area contributed by atoms with Gasteiger partial charge < -0.3 is 20.5 Å². The molecule has 0 saturated carbocycles. The zero-order chi connectivity index (χ0) is 24.9. The van der Waals surface area contributed by atoms with Crippen LogP contribution in [0.2, 0.25) is 0 Å². The van der Waals surface area contributed by atoms with Crippen LogP contribution >= 0.6 is 12.2 Å². The van der Waals surface area contributed by atoms with E-state index in [1.807, 2.05) is 30.3 Å². The van der Waals surface area contributed by atoms with Crippen LogP contribution in [0.5, 0.6) is 0 Å². The van der Waals surface area contributed by atoms with E-state index in [2.05, 4.69) is 10.6 Å². The van der Waals surface area contributed by atoms with E-state index in [1.54, 1.807) is 19.1 Å². The van der Waals surface area contributed by atoms with Crippen molar-refractivity contribution in [3.63, 3.8) is 0 Å². The number of aryl methyl sites for hydroxylation is 2. The Morgan fingerprint density at radius 1 is 1.00 bits per heavy atom. The van der Waals surface area contributed by atoms with E-state index < -0.39 is 35.7 Å². The lowest BCUT2D eigenvalue weighted by Gasteiger charge is -2.22. The number of carboxylic acids is 1. The number of halogens is 1. The first-order valence-electron chi connectivity index (χ1n) is 11.0. The Bertz CT molecular complexity index is 986. The lowest BCUT2D eigenvalue weighted by molar-refractivity contribution is -0.142. The van der Waals surface area contributed by atoms with Crippen LogP contribution in [0.15, 0.2) is 54.6 Å². The molecule has 2 aromatic rings. The van der Waals surface area contributed by atoms with Crippen LogP contribution in [0.25, 0.3) is 0 Å². The molecule has 0 aliphatic carbocycles. The molecule has 2 amide bonds. The van der Waals surface area contributed by atoms with E-state index in [0.29, 0.717) is 18.6 Å². The molecule has 182 valence electrons. The second kappa shape index (κ2) is 14.0. The maximum absolute atomic E-state index is 13.4. The number of amides is 2. The zero-order valence-corrected chi connectivity index (χ0v) is 19.8. The van der Waals surface area contributed by atoms with Gasteiger partial charge in [0.05, 0.1) is 6.61 Å². The van der Waals surface area contributed by atoms with E-state index >= 15 is 0 Å². The van der Waals surface area contributed by atoms with Gasteiger partial charge in [0.15, 0.2) is 5.05 Å². The first-order chi connectivity index (χ1) is 16.3. The summed E-state index contributed by atoms with van der Waals surface area (Å²) in [6.07, 6.45) is 0.862. The number of carboxylic acid groups (broad SMARTS) is 1. The molecule has 0 aliphatic heterocycles. The number of aliphatic carboxylic acids is 1. The molecule has 0 aromatic heterocycles. The summed E-state index contributed by atoms with van der Waals surface area (Å²) in [5.41, 5.74) is 1.59. The molecule has 0 spiro atoms. The summed E-state index contributed by atoms with van der Waals surface area (Å²) >= 11 is 5.13. The fourth-order valence-electron chi connectivity index (χ4n) is 3.30. The predicted molar refractivity (Wildman–Crippen MR) is 130 cm³/mol. The number of ether oxygens (including phenoxy) is 1. The third kappa shape index (κ3) is 9.66. The maximum atomic E-state index is 13.4. The smallest absolute Gasteiger partial charge is 0.326 e. The van der Waals surface area contributed by atoms with Crippen LogP contribution in [0, 0.1) is 5.82 Å². The molecule has 9 heteroatoms. The summed E-state index contributed by atoms with van der Waals surface area (Å²) < 4.78 is 18.6. The summed E-state index contributed by atoms with van der Waals surface area (Å²) in [6.45, 7) is 2.04. The number of rotatable bonds is 13. The van der Waals surface area contributed by atoms with E-state index in [9.17, 15) is 23.9 Å².